The zero-order valence-corrected chi connectivity index (χ0v) is 17.7. The number of aromatic nitrogens is 2. The third kappa shape index (κ3) is 3.44. The van der Waals surface area contributed by atoms with E-state index in [-0.39, 0.29) is 6.29 Å². The molecule has 1 aliphatic rings. The molecule has 2 aromatic carbocycles. The van der Waals surface area contributed by atoms with Crippen molar-refractivity contribution in [2.75, 3.05) is 11.6 Å². The van der Waals surface area contributed by atoms with Gasteiger partial charge in [0.25, 0.3) is 0 Å². The molecule has 4 aromatic rings. The standard InChI is InChI=1S/C22H18N4O2S2/c1-30(27,28)18-8-6-15(7-9-18)17-12-23-26(13-17)22-24-20-5-3-2-4-19(20)21(25-22)16-10-11-29-14-16/h2-14,22,24H,1H3. The lowest BCUT2D eigenvalue weighted by atomic mass is 10.0. The summed E-state index contributed by atoms with van der Waals surface area (Å²) in [6.45, 7) is 0. The summed E-state index contributed by atoms with van der Waals surface area (Å²) in [6.07, 6.45) is 4.50. The molecule has 0 saturated heterocycles. The fourth-order valence-corrected chi connectivity index (χ4v) is 4.72. The average Bonchev–Trinajstić information content (AvgIpc) is 3.45. The summed E-state index contributed by atoms with van der Waals surface area (Å²) in [4.78, 5) is 5.22. The molecule has 0 saturated carbocycles. The normalized spacial score (nSPS) is 15.9. The molecule has 1 aliphatic heterocycles. The summed E-state index contributed by atoms with van der Waals surface area (Å²) in [5, 5.41) is 12.1. The molecule has 30 heavy (non-hydrogen) atoms. The fourth-order valence-electron chi connectivity index (χ4n) is 3.45. The number of nitrogens with zero attached hydrogens (tertiary/aromatic N) is 3. The lowest BCUT2D eigenvalue weighted by molar-refractivity contribution is 0.522. The maximum atomic E-state index is 11.7. The molecule has 0 radical (unpaired) electrons. The molecule has 6 nitrogen and oxygen atoms in total. The van der Waals surface area contributed by atoms with E-state index in [1.807, 2.05) is 29.8 Å². The second kappa shape index (κ2) is 7.23. The van der Waals surface area contributed by atoms with E-state index in [0.717, 1.165) is 33.7 Å². The Morgan fingerprint density at radius 2 is 1.80 bits per heavy atom. The van der Waals surface area contributed by atoms with Gasteiger partial charge >= 0.3 is 0 Å². The number of benzene rings is 2. The van der Waals surface area contributed by atoms with E-state index in [9.17, 15) is 8.42 Å². The van der Waals surface area contributed by atoms with Crippen LogP contribution >= 0.6 is 11.3 Å². The van der Waals surface area contributed by atoms with Gasteiger partial charge in [0.1, 0.15) is 0 Å². The Bertz CT molecular complexity index is 1340. The first kappa shape index (κ1) is 18.8. The van der Waals surface area contributed by atoms with Gasteiger partial charge in [-0.25, -0.2) is 18.1 Å². The molecule has 150 valence electrons. The Hall–Kier alpha value is -3.23. The topological polar surface area (TPSA) is 76.3 Å². The van der Waals surface area contributed by atoms with Gasteiger partial charge in [-0.3, -0.25) is 0 Å². The lowest BCUT2D eigenvalue weighted by Gasteiger charge is -2.25. The number of aliphatic imine (C=N–C) groups is 1. The van der Waals surface area contributed by atoms with Crippen LogP contribution < -0.4 is 5.32 Å². The summed E-state index contributed by atoms with van der Waals surface area (Å²) >= 11 is 1.64. The lowest BCUT2D eigenvalue weighted by Crippen LogP contribution is -2.25. The van der Waals surface area contributed by atoms with E-state index in [0.29, 0.717) is 4.90 Å². The van der Waals surface area contributed by atoms with Crippen LogP contribution in [0, 0.1) is 0 Å². The molecular formula is C22H18N4O2S2. The predicted octanol–water partition coefficient (Wildman–Crippen LogP) is 4.43. The predicted molar refractivity (Wildman–Crippen MR) is 120 cm³/mol. The Balaban J connectivity index is 1.50. The maximum Gasteiger partial charge on any atom is 0.216 e. The largest absolute Gasteiger partial charge is 0.345 e. The third-order valence-corrected chi connectivity index (χ3v) is 6.79. The summed E-state index contributed by atoms with van der Waals surface area (Å²) in [7, 11) is -3.22. The van der Waals surface area contributed by atoms with Gasteiger partial charge in [-0.15, -0.1) is 0 Å². The van der Waals surface area contributed by atoms with Crippen molar-refractivity contribution in [3.63, 3.8) is 0 Å². The Kier molecular flexibility index (Phi) is 4.52. The monoisotopic (exact) mass is 434 g/mol. The van der Waals surface area contributed by atoms with Crippen molar-refractivity contribution >= 4 is 32.6 Å². The smallest absolute Gasteiger partial charge is 0.216 e. The number of fused-ring (bicyclic) bond motifs is 1. The van der Waals surface area contributed by atoms with Gasteiger partial charge in [0.2, 0.25) is 6.29 Å². The van der Waals surface area contributed by atoms with Crippen molar-refractivity contribution in [1.29, 1.82) is 0 Å². The van der Waals surface area contributed by atoms with E-state index >= 15 is 0 Å². The molecule has 0 bridgehead atoms. The first-order valence-corrected chi connectivity index (χ1v) is 12.1. The molecule has 1 atom stereocenters. The number of hydrogen-bond donors (Lipinski definition) is 1. The minimum atomic E-state index is -3.22. The first-order valence-electron chi connectivity index (χ1n) is 9.30. The highest BCUT2D eigenvalue weighted by molar-refractivity contribution is 7.90. The molecule has 0 fully saturated rings. The van der Waals surface area contributed by atoms with Crippen molar-refractivity contribution in [2.45, 2.75) is 11.2 Å². The summed E-state index contributed by atoms with van der Waals surface area (Å²) in [6, 6.07) is 17.0. The van der Waals surface area contributed by atoms with Gasteiger partial charge in [-0.05, 0) is 35.2 Å². The number of rotatable bonds is 4. The Morgan fingerprint density at radius 3 is 2.53 bits per heavy atom. The number of sulfone groups is 1. The van der Waals surface area contributed by atoms with E-state index < -0.39 is 9.84 Å². The second-order valence-corrected chi connectivity index (χ2v) is 9.85. The van der Waals surface area contributed by atoms with E-state index in [4.69, 9.17) is 4.99 Å². The quantitative estimate of drug-likeness (QED) is 0.515. The van der Waals surface area contributed by atoms with Crippen LogP contribution in [0.1, 0.15) is 17.4 Å². The minimum absolute atomic E-state index is 0.300. The van der Waals surface area contributed by atoms with E-state index in [1.165, 1.54) is 6.26 Å². The van der Waals surface area contributed by atoms with Crippen LogP contribution in [-0.2, 0) is 9.84 Å². The molecule has 8 heteroatoms. The van der Waals surface area contributed by atoms with Crippen LogP contribution in [0.5, 0.6) is 0 Å². The number of para-hydroxylation sites is 1. The van der Waals surface area contributed by atoms with Crippen LogP contribution in [-0.4, -0.2) is 30.2 Å². The van der Waals surface area contributed by atoms with Crippen molar-refractivity contribution in [1.82, 2.24) is 9.78 Å². The molecule has 0 amide bonds. The summed E-state index contributed by atoms with van der Waals surface area (Å²) < 4.78 is 25.1. The van der Waals surface area contributed by atoms with E-state index in [2.05, 4.69) is 27.9 Å². The molecule has 0 spiro atoms. The van der Waals surface area contributed by atoms with Crippen molar-refractivity contribution in [3.8, 4) is 11.1 Å². The zero-order valence-electron chi connectivity index (χ0n) is 16.1. The molecule has 3 heterocycles. The highest BCUT2D eigenvalue weighted by Gasteiger charge is 2.23. The van der Waals surface area contributed by atoms with Gasteiger partial charge in [0.15, 0.2) is 9.84 Å². The van der Waals surface area contributed by atoms with Crippen molar-refractivity contribution in [2.24, 2.45) is 4.99 Å². The molecule has 1 unspecified atom stereocenters. The Labute approximate surface area is 178 Å². The van der Waals surface area contributed by atoms with Crippen LogP contribution in [0.25, 0.3) is 11.1 Å². The summed E-state index contributed by atoms with van der Waals surface area (Å²) in [5.74, 6) is 0. The summed E-state index contributed by atoms with van der Waals surface area (Å²) in [5.41, 5.74) is 5.88. The fraction of sp³-hybridized carbons (Fsp3) is 0.0909. The maximum absolute atomic E-state index is 11.7. The second-order valence-electron chi connectivity index (χ2n) is 7.06. The van der Waals surface area contributed by atoms with Crippen molar-refractivity contribution in [3.05, 3.63) is 88.9 Å². The van der Waals surface area contributed by atoms with Gasteiger partial charge in [0.05, 0.1) is 16.8 Å². The number of anilines is 1. The average molecular weight is 435 g/mol. The SMILES string of the molecule is CS(=O)(=O)c1ccc(-c2cnn(C3N=C(c4ccsc4)c4ccccc4N3)c2)cc1. The third-order valence-electron chi connectivity index (χ3n) is 4.98. The molecular weight excluding hydrogens is 416 g/mol. The number of thiophene rings is 1. The minimum Gasteiger partial charge on any atom is -0.345 e. The molecule has 0 aliphatic carbocycles. The van der Waals surface area contributed by atoms with Crippen molar-refractivity contribution < 1.29 is 8.42 Å². The zero-order chi connectivity index (χ0) is 20.7. The molecule has 1 N–H and O–H groups in total. The number of nitrogens with one attached hydrogen (secondary N) is 1. The van der Waals surface area contributed by atoms with E-state index in [1.54, 1.807) is 46.5 Å². The van der Waals surface area contributed by atoms with Gasteiger partial charge in [0, 0.05) is 40.2 Å². The number of hydrogen-bond acceptors (Lipinski definition) is 6. The van der Waals surface area contributed by atoms with Crippen LogP contribution in [0.2, 0.25) is 0 Å². The first-order chi connectivity index (χ1) is 14.5. The van der Waals surface area contributed by atoms with Crippen LogP contribution in [0.3, 0.4) is 0 Å². The molecule has 5 rings (SSSR count). The van der Waals surface area contributed by atoms with Gasteiger partial charge < -0.3 is 5.32 Å². The highest BCUT2D eigenvalue weighted by atomic mass is 32.2. The highest BCUT2D eigenvalue weighted by Crippen LogP contribution is 2.30. The van der Waals surface area contributed by atoms with Gasteiger partial charge in [-0.2, -0.15) is 16.4 Å². The van der Waals surface area contributed by atoms with Crippen LogP contribution in [0.4, 0.5) is 5.69 Å². The Morgan fingerprint density at radius 1 is 1.00 bits per heavy atom. The van der Waals surface area contributed by atoms with Crippen LogP contribution in [0.15, 0.2) is 87.6 Å². The van der Waals surface area contributed by atoms with Gasteiger partial charge in [-0.1, -0.05) is 30.3 Å². The molecule has 2 aromatic heterocycles.